The molecular weight excluding hydrogens is 174 g/mol. The zero-order valence-corrected chi connectivity index (χ0v) is 7.86. The summed E-state index contributed by atoms with van der Waals surface area (Å²) in [6.45, 7) is 0. The largest absolute Gasteiger partial charge is 0.263 e. The Hall–Kier alpha value is -0.150. The van der Waals surface area contributed by atoms with Crippen molar-refractivity contribution >= 4 is 27.9 Å². The zero-order chi connectivity index (χ0) is 7.68. The normalized spacial score (nSPS) is 33.7. The van der Waals surface area contributed by atoms with Gasteiger partial charge in [0, 0.05) is 0 Å². The van der Waals surface area contributed by atoms with Gasteiger partial charge in [0.25, 0.3) is 0 Å². The molecule has 0 aromatic heterocycles. The van der Waals surface area contributed by atoms with Crippen LogP contribution in [-0.2, 0) is 0 Å². The van der Waals surface area contributed by atoms with E-state index in [4.69, 9.17) is 0 Å². The molecular formula is C8H9NS2. The van der Waals surface area contributed by atoms with Crippen LogP contribution in [0.2, 0.25) is 0 Å². The predicted octanol–water partition coefficient (Wildman–Crippen LogP) is 2.32. The molecule has 2 unspecified atom stereocenters. The van der Waals surface area contributed by atoms with Gasteiger partial charge in [-0.2, -0.15) is 0 Å². The molecule has 1 aliphatic carbocycles. The van der Waals surface area contributed by atoms with E-state index >= 15 is 0 Å². The highest BCUT2D eigenvalue weighted by Crippen LogP contribution is 2.34. The van der Waals surface area contributed by atoms with Crippen LogP contribution < -0.4 is 0 Å². The van der Waals surface area contributed by atoms with E-state index in [1.54, 1.807) is 11.8 Å². The third-order valence-electron chi connectivity index (χ3n) is 1.72. The molecule has 1 heterocycles. The Balaban J connectivity index is 2.16. The number of hydrogen-bond donors (Lipinski definition) is 0. The van der Waals surface area contributed by atoms with Gasteiger partial charge in [0.1, 0.15) is 4.38 Å². The summed E-state index contributed by atoms with van der Waals surface area (Å²) in [6, 6.07) is 0.410. The van der Waals surface area contributed by atoms with Gasteiger partial charge in [-0.15, -0.1) is 11.8 Å². The summed E-state index contributed by atoms with van der Waals surface area (Å²) in [5.41, 5.74) is 0. The Morgan fingerprint density at radius 2 is 2.27 bits per heavy atom. The van der Waals surface area contributed by atoms with Gasteiger partial charge in [-0.1, -0.05) is 36.1 Å². The summed E-state index contributed by atoms with van der Waals surface area (Å²) >= 11 is 3.61. The molecule has 0 spiro atoms. The van der Waals surface area contributed by atoms with Crippen molar-refractivity contribution in [3.8, 4) is 0 Å². The van der Waals surface area contributed by atoms with Crippen LogP contribution in [0.3, 0.4) is 0 Å². The van der Waals surface area contributed by atoms with E-state index < -0.39 is 0 Å². The smallest absolute Gasteiger partial charge is 0.125 e. The highest BCUT2D eigenvalue weighted by molar-refractivity contribution is 8.39. The lowest BCUT2D eigenvalue weighted by molar-refractivity contribution is 0.863. The van der Waals surface area contributed by atoms with E-state index in [0.717, 1.165) is 0 Å². The number of hydrogen-bond acceptors (Lipinski definition) is 3. The van der Waals surface area contributed by atoms with Crippen LogP contribution in [0.15, 0.2) is 29.3 Å². The Kier molecular flexibility index (Phi) is 2.09. The topological polar surface area (TPSA) is 12.4 Å². The van der Waals surface area contributed by atoms with Gasteiger partial charge in [-0.3, -0.25) is 4.99 Å². The Labute approximate surface area is 75.0 Å². The van der Waals surface area contributed by atoms with Crippen molar-refractivity contribution < 1.29 is 0 Å². The van der Waals surface area contributed by atoms with Crippen molar-refractivity contribution in [1.82, 2.24) is 0 Å². The van der Waals surface area contributed by atoms with E-state index in [-0.39, 0.29) is 0 Å². The average Bonchev–Trinajstić information content (AvgIpc) is 2.46. The van der Waals surface area contributed by atoms with E-state index in [9.17, 15) is 0 Å². The van der Waals surface area contributed by atoms with Crippen LogP contribution in [0.1, 0.15) is 0 Å². The molecule has 0 saturated heterocycles. The van der Waals surface area contributed by atoms with Gasteiger partial charge in [0.2, 0.25) is 0 Å². The highest BCUT2D eigenvalue weighted by Gasteiger charge is 2.26. The number of thioether (sulfide) groups is 2. The second-order valence-electron chi connectivity index (χ2n) is 2.44. The van der Waals surface area contributed by atoms with Gasteiger partial charge < -0.3 is 0 Å². The number of allylic oxidation sites excluding steroid dienone is 2. The van der Waals surface area contributed by atoms with Crippen LogP contribution in [0.25, 0.3) is 0 Å². The number of fused-ring (bicyclic) bond motifs is 1. The predicted molar refractivity (Wildman–Crippen MR) is 54.4 cm³/mol. The monoisotopic (exact) mass is 183 g/mol. The molecule has 3 heteroatoms. The molecule has 0 aromatic rings. The lowest BCUT2D eigenvalue weighted by Crippen LogP contribution is -2.13. The van der Waals surface area contributed by atoms with Gasteiger partial charge in [-0.05, 0) is 6.26 Å². The summed E-state index contributed by atoms with van der Waals surface area (Å²) in [7, 11) is 0. The molecule has 0 bridgehead atoms. The first kappa shape index (κ1) is 7.50. The fourth-order valence-corrected chi connectivity index (χ4v) is 2.99. The first-order chi connectivity index (χ1) is 5.40. The standard InChI is InChI=1S/C8H9NS2/c1-10-8-9-6-4-2-3-5-7(6)11-8/h2-7H,1H3. The maximum Gasteiger partial charge on any atom is 0.125 e. The Bertz CT molecular complexity index is 242. The minimum absolute atomic E-state index is 0.410. The zero-order valence-electron chi connectivity index (χ0n) is 6.23. The summed E-state index contributed by atoms with van der Waals surface area (Å²) in [6.07, 6.45) is 10.7. The van der Waals surface area contributed by atoms with Crippen molar-refractivity contribution in [2.45, 2.75) is 11.3 Å². The second-order valence-corrected chi connectivity index (χ2v) is 4.66. The summed E-state index contributed by atoms with van der Waals surface area (Å²) in [5, 5.41) is 0.572. The van der Waals surface area contributed by atoms with E-state index in [2.05, 4.69) is 35.6 Å². The molecule has 0 fully saturated rings. The molecule has 58 valence electrons. The second kappa shape index (κ2) is 3.07. The van der Waals surface area contributed by atoms with Crippen LogP contribution in [0.4, 0.5) is 0 Å². The van der Waals surface area contributed by atoms with Crippen molar-refractivity contribution in [2.75, 3.05) is 6.26 Å². The number of nitrogens with zero attached hydrogens (tertiary/aromatic N) is 1. The molecule has 0 aromatic carbocycles. The molecule has 1 nitrogen and oxygen atoms in total. The molecule has 2 atom stereocenters. The summed E-state index contributed by atoms with van der Waals surface area (Å²) in [5.74, 6) is 0. The van der Waals surface area contributed by atoms with Gasteiger partial charge >= 0.3 is 0 Å². The summed E-state index contributed by atoms with van der Waals surface area (Å²) < 4.78 is 1.22. The number of aliphatic imine (C=N–C) groups is 1. The average molecular weight is 183 g/mol. The van der Waals surface area contributed by atoms with Gasteiger partial charge in [0.15, 0.2) is 0 Å². The molecule has 0 radical (unpaired) electrons. The molecule has 2 rings (SSSR count). The fourth-order valence-electron chi connectivity index (χ4n) is 1.17. The van der Waals surface area contributed by atoms with Crippen molar-refractivity contribution in [1.29, 1.82) is 0 Å². The molecule has 1 aliphatic heterocycles. The Morgan fingerprint density at radius 3 is 3.00 bits per heavy atom. The van der Waals surface area contributed by atoms with E-state index in [1.165, 1.54) is 4.38 Å². The molecule has 11 heavy (non-hydrogen) atoms. The van der Waals surface area contributed by atoms with E-state index in [0.29, 0.717) is 11.3 Å². The minimum Gasteiger partial charge on any atom is -0.263 e. The SMILES string of the molecule is CSC1=NC2C=CC=CC2S1. The first-order valence-corrected chi connectivity index (χ1v) is 5.64. The lowest BCUT2D eigenvalue weighted by Gasteiger charge is -2.10. The van der Waals surface area contributed by atoms with Crippen molar-refractivity contribution in [3.05, 3.63) is 24.3 Å². The van der Waals surface area contributed by atoms with Crippen LogP contribution in [0.5, 0.6) is 0 Å². The van der Waals surface area contributed by atoms with Gasteiger partial charge in [-0.25, -0.2) is 0 Å². The highest BCUT2D eigenvalue weighted by atomic mass is 32.2. The Morgan fingerprint density at radius 1 is 1.45 bits per heavy atom. The lowest BCUT2D eigenvalue weighted by atomic mass is 10.1. The molecule has 2 aliphatic rings. The maximum atomic E-state index is 4.53. The third-order valence-corrected chi connectivity index (χ3v) is 3.98. The fraction of sp³-hybridized carbons (Fsp3) is 0.375. The van der Waals surface area contributed by atoms with Crippen LogP contribution in [-0.4, -0.2) is 21.9 Å². The number of rotatable bonds is 0. The van der Waals surface area contributed by atoms with Gasteiger partial charge in [0.05, 0.1) is 11.3 Å². The van der Waals surface area contributed by atoms with Crippen molar-refractivity contribution in [2.24, 2.45) is 4.99 Å². The van der Waals surface area contributed by atoms with Crippen LogP contribution in [0, 0.1) is 0 Å². The molecule has 0 saturated carbocycles. The third kappa shape index (κ3) is 1.40. The minimum atomic E-state index is 0.410. The maximum absolute atomic E-state index is 4.53. The first-order valence-electron chi connectivity index (χ1n) is 3.53. The molecule has 0 amide bonds. The van der Waals surface area contributed by atoms with E-state index in [1.807, 2.05) is 11.8 Å². The van der Waals surface area contributed by atoms with Crippen LogP contribution >= 0.6 is 23.5 Å². The summed E-state index contributed by atoms with van der Waals surface area (Å²) in [4.78, 5) is 4.53. The van der Waals surface area contributed by atoms with Crippen molar-refractivity contribution in [3.63, 3.8) is 0 Å². The molecule has 0 N–H and O–H groups in total. The quantitative estimate of drug-likeness (QED) is 0.571.